The molecule has 0 amide bonds. The average Bonchev–Trinajstić information content (AvgIpc) is 3.01. The molecule has 146 valence electrons. The Kier molecular flexibility index (Phi) is 5.27. The highest BCUT2D eigenvalue weighted by atomic mass is 19.1. The fraction of sp³-hybridized carbons (Fsp3) is 0.391. The molecule has 4 rings (SSSR count). The number of pyridine rings is 1. The van der Waals surface area contributed by atoms with Crippen molar-refractivity contribution in [2.24, 2.45) is 5.92 Å². The van der Waals surface area contributed by atoms with E-state index in [0.717, 1.165) is 35.1 Å². The second-order valence-electron chi connectivity index (χ2n) is 7.76. The number of fused-ring (bicyclic) bond motifs is 1. The Morgan fingerprint density at radius 3 is 2.71 bits per heavy atom. The van der Waals surface area contributed by atoms with Crippen molar-refractivity contribution >= 4 is 16.8 Å². The highest BCUT2D eigenvalue weighted by Crippen LogP contribution is 2.29. The molecule has 1 fully saturated rings. The number of aliphatic hydroxyl groups excluding tert-OH is 1. The fourth-order valence-corrected chi connectivity index (χ4v) is 4.03. The minimum absolute atomic E-state index is 0.0811. The normalized spacial score (nSPS) is 21.4. The first-order valence-electron chi connectivity index (χ1n) is 9.96. The molecule has 0 saturated heterocycles. The van der Waals surface area contributed by atoms with Gasteiger partial charge in [0.15, 0.2) is 5.78 Å². The van der Waals surface area contributed by atoms with Crippen LogP contribution >= 0.6 is 0 Å². The van der Waals surface area contributed by atoms with Crippen LogP contribution in [0, 0.1) is 5.92 Å². The van der Waals surface area contributed by atoms with Crippen LogP contribution in [0.4, 0.5) is 4.39 Å². The first-order valence-corrected chi connectivity index (χ1v) is 9.96. The Bertz CT molecular complexity index is 978. The number of aliphatic hydroxyl groups is 1. The molecule has 1 saturated carbocycles. The van der Waals surface area contributed by atoms with Gasteiger partial charge < -0.3 is 9.67 Å². The van der Waals surface area contributed by atoms with Crippen molar-refractivity contribution in [3.8, 4) is 5.69 Å². The van der Waals surface area contributed by atoms with Gasteiger partial charge in [0.25, 0.3) is 0 Å². The molecule has 0 aliphatic heterocycles. The molecule has 0 radical (unpaired) electrons. The smallest absolute Gasteiger partial charge is 0.167 e. The van der Waals surface area contributed by atoms with Crippen molar-refractivity contribution in [2.45, 2.75) is 51.3 Å². The molecule has 0 spiro atoms. The number of aromatic nitrogens is 2. The van der Waals surface area contributed by atoms with Crippen molar-refractivity contribution < 1.29 is 14.3 Å². The van der Waals surface area contributed by atoms with Gasteiger partial charge in [-0.3, -0.25) is 4.79 Å². The first-order chi connectivity index (χ1) is 13.5. The highest BCUT2D eigenvalue weighted by molar-refractivity contribution is 6.00. The molecule has 3 unspecified atom stereocenters. The number of halogens is 1. The van der Waals surface area contributed by atoms with Gasteiger partial charge >= 0.3 is 0 Å². The lowest BCUT2D eigenvalue weighted by Gasteiger charge is -2.13. The molecule has 1 aliphatic rings. The zero-order valence-electron chi connectivity index (χ0n) is 16.0. The number of carbonyl (C=O) groups is 1. The number of carbonyl (C=O) groups excluding carboxylic acids is 1. The van der Waals surface area contributed by atoms with Gasteiger partial charge in [0.1, 0.15) is 11.8 Å². The molecule has 2 aromatic heterocycles. The predicted octanol–water partition coefficient (Wildman–Crippen LogP) is 5.18. The van der Waals surface area contributed by atoms with E-state index in [4.69, 9.17) is 0 Å². The standard InChI is InChI=1S/C23H25FN2O2/c1-15(27)16-6-9-21(10-7-16)26-12-11-18-13-19(14-25-23(18)26)22(28)17-3-2-4-20(24)8-5-17/h6-7,9-15,17,20,27H,2-5,8H2,1H3. The summed E-state index contributed by atoms with van der Waals surface area (Å²) >= 11 is 0. The van der Waals surface area contributed by atoms with Gasteiger partial charge in [-0.2, -0.15) is 0 Å². The van der Waals surface area contributed by atoms with Crippen LogP contribution in [0.1, 0.15) is 61.1 Å². The summed E-state index contributed by atoms with van der Waals surface area (Å²) in [4.78, 5) is 17.4. The Morgan fingerprint density at radius 2 is 1.96 bits per heavy atom. The van der Waals surface area contributed by atoms with Crippen LogP contribution in [0.3, 0.4) is 0 Å². The molecular weight excluding hydrogens is 355 g/mol. The van der Waals surface area contributed by atoms with Crippen LogP contribution in [-0.2, 0) is 0 Å². The van der Waals surface area contributed by atoms with Gasteiger partial charge in [-0.15, -0.1) is 0 Å². The van der Waals surface area contributed by atoms with Crippen molar-refractivity contribution in [3.63, 3.8) is 0 Å². The second kappa shape index (κ2) is 7.84. The molecule has 0 bridgehead atoms. The number of ketones is 1. The maximum Gasteiger partial charge on any atom is 0.167 e. The van der Waals surface area contributed by atoms with E-state index < -0.39 is 12.3 Å². The SMILES string of the molecule is CC(O)c1ccc(-n2ccc3cc(C(=O)C4CCCC(F)CC4)cnc32)cc1. The van der Waals surface area contributed by atoms with Crippen LogP contribution in [0.5, 0.6) is 0 Å². The third-order valence-electron chi connectivity index (χ3n) is 5.73. The minimum Gasteiger partial charge on any atom is -0.389 e. The van der Waals surface area contributed by atoms with E-state index in [1.807, 2.05) is 47.2 Å². The van der Waals surface area contributed by atoms with Gasteiger partial charge in [-0.25, -0.2) is 9.37 Å². The van der Waals surface area contributed by atoms with Crippen LogP contribution in [0.25, 0.3) is 16.7 Å². The molecule has 5 heteroatoms. The van der Waals surface area contributed by atoms with E-state index in [2.05, 4.69) is 4.98 Å². The van der Waals surface area contributed by atoms with Crippen molar-refractivity contribution in [1.29, 1.82) is 0 Å². The number of nitrogens with zero attached hydrogens (tertiary/aromatic N) is 2. The average molecular weight is 380 g/mol. The summed E-state index contributed by atoms with van der Waals surface area (Å²) in [7, 11) is 0. The largest absolute Gasteiger partial charge is 0.389 e. The van der Waals surface area contributed by atoms with E-state index in [1.54, 1.807) is 13.1 Å². The van der Waals surface area contributed by atoms with Gasteiger partial charge in [-0.1, -0.05) is 12.1 Å². The Hall–Kier alpha value is -2.53. The topological polar surface area (TPSA) is 55.1 Å². The van der Waals surface area contributed by atoms with Crippen LogP contribution in [0.2, 0.25) is 0 Å². The lowest BCUT2D eigenvalue weighted by Crippen LogP contribution is -2.14. The quantitative estimate of drug-likeness (QED) is 0.501. The van der Waals surface area contributed by atoms with Gasteiger partial charge in [-0.05, 0) is 68.9 Å². The van der Waals surface area contributed by atoms with Crippen LogP contribution < -0.4 is 0 Å². The summed E-state index contributed by atoms with van der Waals surface area (Å²) in [5.41, 5.74) is 3.20. The molecule has 2 heterocycles. The Labute approximate surface area is 164 Å². The Balaban J connectivity index is 1.60. The summed E-state index contributed by atoms with van der Waals surface area (Å²) in [5, 5.41) is 10.6. The highest BCUT2D eigenvalue weighted by Gasteiger charge is 2.25. The molecular formula is C23H25FN2O2. The molecule has 4 nitrogen and oxygen atoms in total. The maximum atomic E-state index is 13.6. The number of hydrogen-bond acceptors (Lipinski definition) is 3. The first kappa shape index (κ1) is 18.8. The van der Waals surface area contributed by atoms with Gasteiger partial charge in [0.2, 0.25) is 0 Å². The number of rotatable bonds is 4. The number of hydrogen-bond donors (Lipinski definition) is 1. The van der Waals surface area contributed by atoms with E-state index >= 15 is 0 Å². The van der Waals surface area contributed by atoms with Crippen molar-refractivity contribution in [2.75, 3.05) is 0 Å². The monoisotopic (exact) mass is 380 g/mol. The summed E-state index contributed by atoms with van der Waals surface area (Å²) in [6.07, 6.45) is 5.50. The van der Waals surface area contributed by atoms with E-state index in [9.17, 15) is 14.3 Å². The molecule has 1 N–H and O–H groups in total. The third-order valence-corrected chi connectivity index (χ3v) is 5.73. The van der Waals surface area contributed by atoms with E-state index in [1.165, 1.54) is 0 Å². The zero-order valence-corrected chi connectivity index (χ0v) is 16.0. The summed E-state index contributed by atoms with van der Waals surface area (Å²) in [5.74, 6) is -0.0207. The lowest BCUT2D eigenvalue weighted by atomic mass is 9.91. The van der Waals surface area contributed by atoms with Crippen molar-refractivity contribution in [1.82, 2.24) is 9.55 Å². The summed E-state index contributed by atoms with van der Waals surface area (Å²) in [6.45, 7) is 1.74. The summed E-state index contributed by atoms with van der Waals surface area (Å²) < 4.78 is 15.6. The maximum absolute atomic E-state index is 13.6. The molecule has 3 aromatic rings. The predicted molar refractivity (Wildman–Crippen MR) is 108 cm³/mol. The van der Waals surface area contributed by atoms with Gasteiger partial charge in [0.05, 0.1) is 6.10 Å². The minimum atomic E-state index is -0.771. The molecule has 3 atom stereocenters. The van der Waals surface area contributed by atoms with E-state index in [-0.39, 0.29) is 11.7 Å². The number of benzene rings is 1. The fourth-order valence-electron chi connectivity index (χ4n) is 4.03. The lowest BCUT2D eigenvalue weighted by molar-refractivity contribution is 0.0906. The second-order valence-corrected chi connectivity index (χ2v) is 7.76. The van der Waals surface area contributed by atoms with Gasteiger partial charge in [0, 0.05) is 34.9 Å². The number of Topliss-reactive ketones (excluding diaryl/α,β-unsaturated/α-hetero) is 1. The van der Waals surface area contributed by atoms with E-state index in [0.29, 0.717) is 24.8 Å². The Morgan fingerprint density at radius 1 is 1.18 bits per heavy atom. The third kappa shape index (κ3) is 3.72. The van der Waals surface area contributed by atoms with Crippen LogP contribution in [0.15, 0.2) is 48.8 Å². The summed E-state index contributed by atoms with van der Waals surface area (Å²) in [6, 6.07) is 11.5. The number of alkyl halides is 1. The van der Waals surface area contributed by atoms with Crippen molar-refractivity contribution in [3.05, 3.63) is 59.9 Å². The zero-order chi connectivity index (χ0) is 19.7. The van der Waals surface area contributed by atoms with Crippen LogP contribution in [-0.4, -0.2) is 26.6 Å². The molecule has 1 aliphatic carbocycles. The molecule has 1 aromatic carbocycles. The molecule has 28 heavy (non-hydrogen) atoms.